The molecular formula is C6H11Li2O9P. The van der Waals surface area contributed by atoms with Crippen molar-refractivity contribution in [1.82, 2.24) is 0 Å². The first kappa shape index (κ1) is 23.9. The second kappa shape index (κ2) is 10.6. The van der Waals surface area contributed by atoms with Gasteiger partial charge in [0.1, 0.15) is 24.4 Å². The molecule has 0 amide bonds. The third-order valence-electron chi connectivity index (χ3n) is 1.64. The van der Waals surface area contributed by atoms with Crippen molar-refractivity contribution in [2.24, 2.45) is 0 Å². The van der Waals surface area contributed by atoms with Crippen molar-refractivity contribution in [3.8, 4) is 0 Å². The van der Waals surface area contributed by atoms with Gasteiger partial charge in [0.25, 0.3) is 0 Å². The molecule has 4 N–H and O–H groups in total. The molecule has 0 aromatic carbocycles. The van der Waals surface area contributed by atoms with E-state index in [1.165, 1.54) is 0 Å². The zero-order valence-corrected chi connectivity index (χ0v) is 10.8. The van der Waals surface area contributed by atoms with Crippen LogP contribution in [0.2, 0.25) is 0 Å². The van der Waals surface area contributed by atoms with Gasteiger partial charge < -0.3 is 44.1 Å². The van der Waals surface area contributed by atoms with Crippen LogP contribution in [0.4, 0.5) is 0 Å². The topological polar surface area (TPSA) is 170 Å². The van der Waals surface area contributed by atoms with Gasteiger partial charge in [-0.3, -0.25) is 0 Å². The second-order valence-corrected chi connectivity index (χ2v) is 4.07. The molecule has 4 atom stereocenters. The quantitative estimate of drug-likeness (QED) is 0.199. The van der Waals surface area contributed by atoms with E-state index < -0.39 is 38.8 Å². The minimum Gasteiger partial charge on any atom is -0.790 e. The van der Waals surface area contributed by atoms with E-state index in [2.05, 4.69) is 4.52 Å². The summed E-state index contributed by atoms with van der Waals surface area (Å²) in [6, 6.07) is 0. The average molecular weight is 272 g/mol. The van der Waals surface area contributed by atoms with Gasteiger partial charge in [0.2, 0.25) is 0 Å². The molecule has 96 valence electrons. The molecule has 0 aliphatic rings. The summed E-state index contributed by atoms with van der Waals surface area (Å²) in [7, 11) is -5.30. The molecule has 0 spiro atoms. The summed E-state index contributed by atoms with van der Waals surface area (Å²) in [6.45, 7) is -1.09. The van der Waals surface area contributed by atoms with Crippen molar-refractivity contribution in [2.45, 2.75) is 24.4 Å². The number of carbonyl (C=O) groups excluding carboxylic acids is 1. The van der Waals surface area contributed by atoms with Gasteiger partial charge in [-0.15, -0.1) is 0 Å². The minimum atomic E-state index is -5.30. The van der Waals surface area contributed by atoms with Crippen LogP contribution in [0.3, 0.4) is 0 Å². The molecule has 18 heavy (non-hydrogen) atoms. The number of hydrogen-bond donors (Lipinski definition) is 4. The van der Waals surface area contributed by atoms with Gasteiger partial charge in [-0.2, -0.15) is 0 Å². The van der Waals surface area contributed by atoms with Gasteiger partial charge in [-0.25, -0.2) is 0 Å². The summed E-state index contributed by atoms with van der Waals surface area (Å²) in [4.78, 5) is 30.0. The maximum Gasteiger partial charge on any atom is 1.00 e. The van der Waals surface area contributed by atoms with Crippen molar-refractivity contribution >= 4 is 14.1 Å². The number of phosphoric acid groups is 1. The van der Waals surface area contributed by atoms with Crippen LogP contribution in [-0.2, 0) is 13.9 Å². The van der Waals surface area contributed by atoms with Crippen LogP contribution in [0.1, 0.15) is 0 Å². The SMILES string of the molecule is O=C[C@H](O)[C@@H](O)[C@H](O)[C@H](O)COP(=O)([O-])[O-].[Li+].[Li+]. The molecule has 0 aliphatic carbocycles. The molecule has 0 aromatic heterocycles. The van der Waals surface area contributed by atoms with E-state index in [9.17, 15) is 19.1 Å². The van der Waals surface area contributed by atoms with Gasteiger partial charge in [-0.1, -0.05) is 0 Å². The molecular weight excluding hydrogens is 261 g/mol. The number of aliphatic hydroxyl groups excluding tert-OH is 4. The summed E-state index contributed by atoms with van der Waals surface area (Å²) >= 11 is 0. The maximum atomic E-state index is 10.0. The third-order valence-corrected chi connectivity index (χ3v) is 2.10. The fourth-order valence-electron chi connectivity index (χ4n) is 0.776. The minimum absolute atomic E-state index is 0. The Bertz CT molecular complexity index is 272. The van der Waals surface area contributed by atoms with Crippen LogP contribution in [0.25, 0.3) is 0 Å². The van der Waals surface area contributed by atoms with Crippen LogP contribution in [0, 0.1) is 0 Å². The van der Waals surface area contributed by atoms with Crippen LogP contribution >= 0.6 is 7.82 Å². The molecule has 9 nitrogen and oxygen atoms in total. The Balaban J connectivity index is -0.00000112. The summed E-state index contributed by atoms with van der Waals surface area (Å²) in [6.07, 6.45) is -8.04. The van der Waals surface area contributed by atoms with Gasteiger partial charge in [-0.05, 0) is 0 Å². The largest absolute Gasteiger partial charge is 1.00 e. The third kappa shape index (κ3) is 9.71. The second-order valence-electron chi connectivity index (χ2n) is 2.92. The zero-order valence-electron chi connectivity index (χ0n) is 9.87. The van der Waals surface area contributed by atoms with Crippen molar-refractivity contribution in [3.05, 3.63) is 0 Å². The fraction of sp³-hybridized carbons (Fsp3) is 0.833. The molecule has 12 heteroatoms. The van der Waals surface area contributed by atoms with E-state index in [1.54, 1.807) is 0 Å². The number of aldehydes is 1. The normalized spacial score (nSPS) is 17.7. The summed E-state index contributed by atoms with van der Waals surface area (Å²) in [5.74, 6) is 0. The van der Waals surface area contributed by atoms with Crippen molar-refractivity contribution in [2.75, 3.05) is 6.61 Å². The van der Waals surface area contributed by atoms with E-state index in [4.69, 9.17) is 20.4 Å². The first-order chi connectivity index (χ1) is 7.19. The van der Waals surface area contributed by atoms with Crippen molar-refractivity contribution in [1.29, 1.82) is 0 Å². The Hall–Kier alpha value is 0.815. The van der Waals surface area contributed by atoms with Crippen LogP contribution in [0.5, 0.6) is 0 Å². The molecule has 0 saturated heterocycles. The number of aliphatic hydroxyl groups is 4. The van der Waals surface area contributed by atoms with E-state index in [1.807, 2.05) is 0 Å². The van der Waals surface area contributed by atoms with E-state index in [-0.39, 0.29) is 44.0 Å². The maximum absolute atomic E-state index is 10.0. The molecule has 0 rings (SSSR count). The Kier molecular flexibility index (Phi) is 14.0. The zero-order chi connectivity index (χ0) is 12.9. The molecule has 0 saturated carbocycles. The monoisotopic (exact) mass is 272 g/mol. The molecule has 0 aromatic rings. The van der Waals surface area contributed by atoms with Crippen LogP contribution < -0.4 is 47.5 Å². The van der Waals surface area contributed by atoms with Gasteiger partial charge in [0.15, 0.2) is 6.29 Å². The van der Waals surface area contributed by atoms with Crippen LogP contribution in [0.15, 0.2) is 0 Å². The van der Waals surface area contributed by atoms with Crippen molar-refractivity contribution in [3.63, 3.8) is 0 Å². The Morgan fingerprint density at radius 3 is 1.89 bits per heavy atom. The summed E-state index contributed by atoms with van der Waals surface area (Å²) < 4.78 is 13.6. The first-order valence-corrected chi connectivity index (χ1v) is 5.49. The Morgan fingerprint density at radius 2 is 1.56 bits per heavy atom. The summed E-state index contributed by atoms with van der Waals surface area (Å²) in [5, 5.41) is 35.9. The predicted octanol–water partition coefficient (Wildman–Crippen LogP) is -10.5. The van der Waals surface area contributed by atoms with Crippen LogP contribution in [-0.4, -0.2) is 57.7 Å². The number of hydrogen-bond acceptors (Lipinski definition) is 9. The molecule has 0 heterocycles. The van der Waals surface area contributed by atoms with E-state index >= 15 is 0 Å². The van der Waals surface area contributed by atoms with Gasteiger partial charge in [0, 0.05) is 0 Å². The molecule has 0 radical (unpaired) electrons. The van der Waals surface area contributed by atoms with Crippen molar-refractivity contribution < 1.29 is 81.8 Å². The molecule has 0 unspecified atom stereocenters. The fourth-order valence-corrected chi connectivity index (χ4v) is 1.11. The van der Waals surface area contributed by atoms with E-state index in [0.29, 0.717) is 0 Å². The molecule has 0 aliphatic heterocycles. The first-order valence-electron chi connectivity index (χ1n) is 4.03. The van der Waals surface area contributed by atoms with Gasteiger partial charge in [0.05, 0.1) is 14.4 Å². The van der Waals surface area contributed by atoms with E-state index in [0.717, 1.165) is 0 Å². The number of rotatable bonds is 7. The van der Waals surface area contributed by atoms with Gasteiger partial charge >= 0.3 is 37.7 Å². The average Bonchev–Trinajstić information content (AvgIpc) is 2.21. The molecule has 0 bridgehead atoms. The smallest absolute Gasteiger partial charge is 0.790 e. The predicted molar refractivity (Wildman–Crippen MR) is 43.6 cm³/mol. The standard InChI is InChI=1S/C6H13O9P.2Li/c7-1-3(8)5(10)6(11)4(9)2-15-16(12,13)14;;/h1,3-6,8-11H,2H2,(H2,12,13,14);;/q;2*+1/p-2/t3-,4+,5+,6+;;/m0../s1. The Morgan fingerprint density at radius 1 is 1.11 bits per heavy atom. The summed E-state index contributed by atoms with van der Waals surface area (Å²) in [5.41, 5.74) is 0. The molecule has 0 fully saturated rings. The number of phosphoric ester groups is 1. The number of carbonyl (C=O) groups is 1. The Labute approximate surface area is 127 Å².